The van der Waals surface area contributed by atoms with Gasteiger partial charge in [0.15, 0.2) is 0 Å². The van der Waals surface area contributed by atoms with Gasteiger partial charge in [-0.3, -0.25) is 9.59 Å². The molecule has 0 bridgehead atoms. The summed E-state index contributed by atoms with van der Waals surface area (Å²) < 4.78 is 0. The lowest BCUT2D eigenvalue weighted by Gasteiger charge is -2.29. The quantitative estimate of drug-likeness (QED) is 0.780. The van der Waals surface area contributed by atoms with Gasteiger partial charge in [-0.15, -0.1) is 11.3 Å². The number of carbonyl (C=O) groups is 2. The van der Waals surface area contributed by atoms with E-state index in [9.17, 15) is 9.59 Å². The standard InChI is InChI=1S/C21H25N3O2S/c1-15-6-3-4-8-18(15)20(25)23-19(14-17-7-5-13-27-17)21(26)22-16-9-11-24(2)12-10-16/h3-8,13-14,16H,9-12H2,1-2H3,(H,22,26)(H,23,25)/b19-14-. The second-order valence-corrected chi connectivity index (χ2v) is 7.87. The topological polar surface area (TPSA) is 61.4 Å². The van der Waals surface area contributed by atoms with Crippen molar-refractivity contribution in [1.82, 2.24) is 15.5 Å². The van der Waals surface area contributed by atoms with Crippen LogP contribution in [-0.2, 0) is 4.79 Å². The van der Waals surface area contributed by atoms with Gasteiger partial charge in [0.05, 0.1) is 0 Å². The van der Waals surface area contributed by atoms with Gasteiger partial charge in [-0.05, 0) is 69.1 Å². The summed E-state index contributed by atoms with van der Waals surface area (Å²) in [6, 6.07) is 11.3. The molecule has 27 heavy (non-hydrogen) atoms. The molecule has 1 aromatic carbocycles. The van der Waals surface area contributed by atoms with Gasteiger partial charge in [0.2, 0.25) is 0 Å². The first kappa shape index (κ1) is 19.3. The summed E-state index contributed by atoms with van der Waals surface area (Å²) in [5.74, 6) is -0.505. The van der Waals surface area contributed by atoms with Crippen molar-refractivity contribution in [2.75, 3.05) is 20.1 Å². The molecule has 0 unspecified atom stereocenters. The van der Waals surface area contributed by atoms with E-state index in [0.29, 0.717) is 5.56 Å². The highest BCUT2D eigenvalue weighted by molar-refractivity contribution is 7.10. The van der Waals surface area contributed by atoms with Crippen molar-refractivity contribution < 1.29 is 9.59 Å². The molecule has 2 amide bonds. The van der Waals surface area contributed by atoms with Gasteiger partial charge in [-0.2, -0.15) is 0 Å². The third kappa shape index (κ3) is 5.28. The number of likely N-dealkylation sites (tertiary alicyclic amines) is 1. The summed E-state index contributed by atoms with van der Waals surface area (Å²) in [4.78, 5) is 28.8. The Morgan fingerprint density at radius 2 is 1.89 bits per heavy atom. The number of hydrogen-bond acceptors (Lipinski definition) is 4. The lowest BCUT2D eigenvalue weighted by atomic mass is 10.1. The van der Waals surface area contributed by atoms with Gasteiger partial charge >= 0.3 is 0 Å². The highest BCUT2D eigenvalue weighted by Gasteiger charge is 2.22. The molecule has 1 fully saturated rings. The van der Waals surface area contributed by atoms with E-state index in [1.165, 1.54) is 11.3 Å². The first-order valence-corrected chi connectivity index (χ1v) is 10.0. The number of aryl methyl sites for hydroxylation is 1. The lowest BCUT2D eigenvalue weighted by molar-refractivity contribution is -0.118. The van der Waals surface area contributed by atoms with Gasteiger partial charge in [0.1, 0.15) is 5.70 Å². The third-order valence-electron chi connectivity index (χ3n) is 4.77. The zero-order valence-corrected chi connectivity index (χ0v) is 16.5. The molecule has 2 N–H and O–H groups in total. The number of carbonyl (C=O) groups excluding carboxylic acids is 2. The number of benzene rings is 1. The van der Waals surface area contributed by atoms with Crippen LogP contribution in [0.1, 0.15) is 33.6 Å². The Morgan fingerprint density at radius 1 is 1.15 bits per heavy atom. The molecule has 0 atom stereocenters. The number of nitrogens with one attached hydrogen (secondary N) is 2. The smallest absolute Gasteiger partial charge is 0.268 e. The van der Waals surface area contributed by atoms with Gasteiger partial charge < -0.3 is 15.5 Å². The number of rotatable bonds is 5. The molecule has 142 valence electrons. The Balaban J connectivity index is 1.76. The Bertz CT molecular complexity index is 822. The maximum absolute atomic E-state index is 12.9. The van der Waals surface area contributed by atoms with Crippen LogP contribution in [0, 0.1) is 6.92 Å². The maximum atomic E-state index is 12.9. The Hall–Kier alpha value is -2.44. The van der Waals surface area contributed by atoms with E-state index in [-0.39, 0.29) is 23.6 Å². The number of hydrogen-bond donors (Lipinski definition) is 2. The van der Waals surface area contributed by atoms with Gasteiger partial charge in [-0.1, -0.05) is 24.3 Å². The van der Waals surface area contributed by atoms with Crippen molar-refractivity contribution in [3.63, 3.8) is 0 Å². The van der Waals surface area contributed by atoms with Crippen LogP contribution in [-0.4, -0.2) is 42.9 Å². The molecule has 1 saturated heterocycles. The average Bonchev–Trinajstić information content (AvgIpc) is 3.16. The summed E-state index contributed by atoms with van der Waals surface area (Å²) in [6.45, 7) is 3.81. The minimum absolute atomic E-state index is 0.135. The summed E-state index contributed by atoms with van der Waals surface area (Å²) in [6.07, 6.45) is 3.58. The van der Waals surface area contributed by atoms with Crippen LogP contribution in [0.15, 0.2) is 47.5 Å². The average molecular weight is 384 g/mol. The van der Waals surface area contributed by atoms with Crippen molar-refractivity contribution in [1.29, 1.82) is 0 Å². The highest BCUT2D eigenvalue weighted by atomic mass is 32.1. The highest BCUT2D eigenvalue weighted by Crippen LogP contribution is 2.15. The molecule has 2 heterocycles. The van der Waals surface area contributed by atoms with Gasteiger partial charge in [0.25, 0.3) is 11.8 Å². The normalized spacial score (nSPS) is 16.1. The minimum atomic E-state index is -0.269. The fraction of sp³-hybridized carbons (Fsp3) is 0.333. The second-order valence-electron chi connectivity index (χ2n) is 6.89. The lowest BCUT2D eigenvalue weighted by Crippen LogP contribution is -2.45. The fourth-order valence-corrected chi connectivity index (χ4v) is 3.76. The van der Waals surface area contributed by atoms with Crippen LogP contribution < -0.4 is 10.6 Å². The molecule has 1 aliphatic heterocycles. The van der Waals surface area contributed by atoms with Crippen molar-refractivity contribution >= 4 is 29.2 Å². The van der Waals surface area contributed by atoms with Crippen LogP contribution in [0.3, 0.4) is 0 Å². The fourth-order valence-electron chi connectivity index (χ4n) is 3.11. The van der Waals surface area contributed by atoms with Crippen molar-refractivity contribution in [3.8, 4) is 0 Å². The molecular weight excluding hydrogens is 358 g/mol. The summed E-state index contributed by atoms with van der Waals surface area (Å²) in [5, 5.41) is 7.84. The molecular formula is C21H25N3O2S. The number of thiophene rings is 1. The molecule has 1 aliphatic rings. The zero-order valence-electron chi connectivity index (χ0n) is 15.7. The van der Waals surface area contributed by atoms with Crippen LogP contribution in [0.25, 0.3) is 6.08 Å². The first-order chi connectivity index (χ1) is 13.0. The van der Waals surface area contributed by atoms with E-state index in [2.05, 4.69) is 22.6 Å². The molecule has 5 nitrogen and oxygen atoms in total. The van der Waals surface area contributed by atoms with Crippen molar-refractivity contribution in [2.45, 2.75) is 25.8 Å². The van der Waals surface area contributed by atoms with Gasteiger partial charge in [-0.25, -0.2) is 0 Å². The molecule has 6 heteroatoms. The van der Waals surface area contributed by atoms with Crippen molar-refractivity contribution in [2.24, 2.45) is 0 Å². The van der Waals surface area contributed by atoms with E-state index in [0.717, 1.165) is 36.4 Å². The second kappa shape index (κ2) is 8.97. The summed E-state index contributed by atoms with van der Waals surface area (Å²) in [5.41, 5.74) is 1.73. The maximum Gasteiger partial charge on any atom is 0.268 e. The van der Waals surface area contributed by atoms with Crippen LogP contribution in [0.2, 0.25) is 0 Å². The van der Waals surface area contributed by atoms with E-state index in [1.807, 2.05) is 42.6 Å². The SMILES string of the molecule is Cc1ccccc1C(=O)N/C(=C\c1cccs1)C(=O)NC1CCN(C)CC1. The molecule has 0 spiro atoms. The Kier molecular flexibility index (Phi) is 6.42. The zero-order chi connectivity index (χ0) is 19.2. The minimum Gasteiger partial charge on any atom is -0.348 e. The first-order valence-electron chi connectivity index (χ1n) is 9.14. The Labute approximate surface area is 164 Å². The monoisotopic (exact) mass is 383 g/mol. The van der Waals surface area contributed by atoms with Crippen molar-refractivity contribution in [3.05, 3.63) is 63.5 Å². The molecule has 2 aromatic rings. The number of nitrogens with zero attached hydrogens (tertiary/aromatic N) is 1. The van der Waals surface area contributed by atoms with Gasteiger partial charge in [0, 0.05) is 16.5 Å². The van der Waals surface area contributed by atoms with E-state index in [1.54, 1.807) is 12.1 Å². The molecule has 3 rings (SSSR count). The molecule has 0 saturated carbocycles. The van der Waals surface area contributed by atoms with E-state index < -0.39 is 0 Å². The van der Waals surface area contributed by atoms with Crippen LogP contribution in [0.5, 0.6) is 0 Å². The number of amides is 2. The summed E-state index contributed by atoms with van der Waals surface area (Å²) >= 11 is 1.53. The summed E-state index contributed by atoms with van der Waals surface area (Å²) in [7, 11) is 2.09. The van der Waals surface area contributed by atoms with E-state index >= 15 is 0 Å². The third-order valence-corrected chi connectivity index (χ3v) is 5.59. The van der Waals surface area contributed by atoms with Crippen LogP contribution >= 0.6 is 11.3 Å². The molecule has 1 aromatic heterocycles. The van der Waals surface area contributed by atoms with E-state index in [4.69, 9.17) is 0 Å². The van der Waals surface area contributed by atoms with Crippen LogP contribution in [0.4, 0.5) is 0 Å². The molecule has 0 radical (unpaired) electrons. The number of piperidine rings is 1. The largest absolute Gasteiger partial charge is 0.348 e. The predicted molar refractivity (Wildman–Crippen MR) is 110 cm³/mol. The Morgan fingerprint density at radius 3 is 2.56 bits per heavy atom. The predicted octanol–water partition coefficient (Wildman–Crippen LogP) is 3.04. The molecule has 0 aliphatic carbocycles.